The summed E-state index contributed by atoms with van der Waals surface area (Å²) < 4.78 is 0. The van der Waals surface area contributed by atoms with Crippen molar-refractivity contribution in [2.75, 3.05) is 57.3 Å². The maximum Gasteiger partial charge on any atom is 0.191 e. The number of anilines is 1. The zero-order valence-corrected chi connectivity index (χ0v) is 19.3. The Morgan fingerprint density at radius 1 is 1.03 bits per heavy atom. The van der Waals surface area contributed by atoms with Crippen molar-refractivity contribution in [3.8, 4) is 0 Å². The lowest BCUT2D eigenvalue weighted by molar-refractivity contribution is 0.253. The number of halogens is 1. The van der Waals surface area contributed by atoms with Gasteiger partial charge in [-0.15, -0.1) is 0 Å². The molecule has 7 heteroatoms. The van der Waals surface area contributed by atoms with Crippen molar-refractivity contribution < 1.29 is 0 Å². The second-order valence-electron chi connectivity index (χ2n) is 7.80. The first kappa shape index (κ1) is 23.4. The fraction of sp³-hybridized carbons (Fsp3) is 0.500. The molecule has 2 aromatic rings. The summed E-state index contributed by atoms with van der Waals surface area (Å²) in [5.74, 6) is 0.890. The number of rotatable bonds is 10. The van der Waals surface area contributed by atoms with Gasteiger partial charge in [-0.25, -0.2) is 4.98 Å². The number of aromatic nitrogens is 1. The van der Waals surface area contributed by atoms with Crippen LogP contribution in [0.3, 0.4) is 0 Å². The number of hydrogen-bond donors (Lipinski definition) is 2. The molecule has 1 aromatic heterocycles. The van der Waals surface area contributed by atoms with Crippen molar-refractivity contribution in [3.63, 3.8) is 0 Å². The highest BCUT2D eigenvalue weighted by Gasteiger charge is 2.16. The van der Waals surface area contributed by atoms with E-state index in [4.69, 9.17) is 16.6 Å². The largest absolute Gasteiger partial charge is 0.369 e. The fourth-order valence-corrected chi connectivity index (χ4v) is 3.84. The maximum absolute atomic E-state index is 5.84. The zero-order chi connectivity index (χ0) is 21.7. The van der Waals surface area contributed by atoms with E-state index < -0.39 is 0 Å². The van der Waals surface area contributed by atoms with Gasteiger partial charge in [0.2, 0.25) is 0 Å². The quantitative estimate of drug-likeness (QED) is 0.255. The number of aliphatic imine (C=N–C) groups is 1. The van der Waals surface area contributed by atoms with E-state index in [0.717, 1.165) is 71.2 Å². The molecule has 2 heterocycles. The predicted octanol–water partition coefficient (Wildman–Crippen LogP) is 3.44. The first-order valence-corrected chi connectivity index (χ1v) is 11.8. The molecule has 168 valence electrons. The molecule has 1 aromatic carbocycles. The Balaban J connectivity index is 1.30. The second kappa shape index (κ2) is 13.2. The van der Waals surface area contributed by atoms with Crippen molar-refractivity contribution in [1.82, 2.24) is 20.5 Å². The van der Waals surface area contributed by atoms with Crippen molar-refractivity contribution in [2.24, 2.45) is 4.99 Å². The minimum Gasteiger partial charge on any atom is -0.369 e. The van der Waals surface area contributed by atoms with E-state index in [1.54, 1.807) is 0 Å². The van der Waals surface area contributed by atoms with Gasteiger partial charge in [-0.1, -0.05) is 35.9 Å². The highest BCUT2D eigenvalue weighted by molar-refractivity contribution is 6.29. The summed E-state index contributed by atoms with van der Waals surface area (Å²) in [5, 5.41) is 7.26. The van der Waals surface area contributed by atoms with Gasteiger partial charge in [0.15, 0.2) is 5.96 Å². The third-order valence-electron chi connectivity index (χ3n) is 5.48. The van der Waals surface area contributed by atoms with E-state index in [9.17, 15) is 0 Å². The zero-order valence-electron chi connectivity index (χ0n) is 18.6. The first-order valence-electron chi connectivity index (χ1n) is 11.4. The number of pyridine rings is 1. The van der Waals surface area contributed by atoms with Crippen molar-refractivity contribution in [1.29, 1.82) is 0 Å². The molecule has 0 unspecified atom stereocenters. The van der Waals surface area contributed by atoms with Crippen LogP contribution in [0.5, 0.6) is 0 Å². The second-order valence-corrected chi connectivity index (χ2v) is 8.19. The molecule has 0 spiro atoms. The van der Waals surface area contributed by atoms with Crippen LogP contribution in [-0.2, 0) is 6.42 Å². The summed E-state index contributed by atoms with van der Waals surface area (Å²) in [6, 6.07) is 14.6. The number of piperazine rings is 1. The van der Waals surface area contributed by atoms with Crippen LogP contribution in [0, 0.1) is 0 Å². The average Bonchev–Trinajstić information content (AvgIpc) is 2.81. The van der Waals surface area contributed by atoms with E-state index in [0.29, 0.717) is 5.15 Å². The van der Waals surface area contributed by atoms with Gasteiger partial charge >= 0.3 is 0 Å². The van der Waals surface area contributed by atoms with Gasteiger partial charge in [0.05, 0.1) is 0 Å². The molecule has 3 rings (SSSR count). The molecule has 0 amide bonds. The summed E-state index contributed by atoms with van der Waals surface area (Å²) >= 11 is 5.84. The van der Waals surface area contributed by atoms with Crippen LogP contribution in [0.1, 0.15) is 25.3 Å². The fourth-order valence-electron chi connectivity index (χ4n) is 3.73. The van der Waals surface area contributed by atoms with Gasteiger partial charge in [-0.05, 0) is 56.5 Å². The molecule has 1 aliphatic heterocycles. The average molecular weight is 443 g/mol. The number of unbranched alkanes of at least 4 members (excludes halogenated alkanes) is 1. The van der Waals surface area contributed by atoms with E-state index in [1.165, 1.54) is 17.7 Å². The molecule has 0 aliphatic carbocycles. The minimum atomic E-state index is 0.532. The van der Waals surface area contributed by atoms with E-state index >= 15 is 0 Å². The third-order valence-corrected chi connectivity index (χ3v) is 5.71. The van der Waals surface area contributed by atoms with Crippen molar-refractivity contribution in [2.45, 2.75) is 26.2 Å². The van der Waals surface area contributed by atoms with Crippen LogP contribution in [0.2, 0.25) is 5.15 Å². The Bertz CT molecular complexity index is 772. The number of para-hydroxylation sites is 1. The van der Waals surface area contributed by atoms with Gasteiger partial charge < -0.3 is 15.5 Å². The molecule has 1 aliphatic rings. The van der Waals surface area contributed by atoms with Gasteiger partial charge in [-0.3, -0.25) is 9.89 Å². The number of guanidine groups is 1. The third kappa shape index (κ3) is 8.38. The van der Waals surface area contributed by atoms with Crippen LogP contribution < -0.4 is 15.5 Å². The normalized spacial score (nSPS) is 15.2. The van der Waals surface area contributed by atoms with Gasteiger partial charge in [0, 0.05) is 57.7 Å². The smallest absolute Gasteiger partial charge is 0.191 e. The molecule has 1 fully saturated rings. The van der Waals surface area contributed by atoms with Crippen LogP contribution in [0.15, 0.2) is 53.7 Å². The van der Waals surface area contributed by atoms with Crippen LogP contribution in [0.4, 0.5) is 5.69 Å². The number of hydrogen-bond acceptors (Lipinski definition) is 4. The van der Waals surface area contributed by atoms with Crippen LogP contribution in [-0.4, -0.2) is 68.2 Å². The van der Waals surface area contributed by atoms with Gasteiger partial charge in [0.25, 0.3) is 0 Å². The van der Waals surface area contributed by atoms with Gasteiger partial charge in [0.1, 0.15) is 5.15 Å². The predicted molar refractivity (Wildman–Crippen MR) is 131 cm³/mol. The highest BCUT2D eigenvalue weighted by atomic mass is 35.5. The molecule has 0 atom stereocenters. The number of nitrogens with zero attached hydrogens (tertiary/aromatic N) is 4. The lowest BCUT2D eigenvalue weighted by Gasteiger charge is -2.36. The molecule has 0 radical (unpaired) electrons. The monoisotopic (exact) mass is 442 g/mol. The Labute approximate surface area is 191 Å². The molecule has 2 N–H and O–H groups in total. The topological polar surface area (TPSA) is 55.8 Å². The molecular formula is C24H35ClN6. The van der Waals surface area contributed by atoms with Crippen molar-refractivity contribution >= 4 is 23.2 Å². The summed E-state index contributed by atoms with van der Waals surface area (Å²) in [7, 11) is 0. The van der Waals surface area contributed by atoms with Crippen LogP contribution in [0.25, 0.3) is 0 Å². The van der Waals surface area contributed by atoms with E-state index in [2.05, 4.69) is 62.7 Å². The molecule has 0 bridgehead atoms. The van der Waals surface area contributed by atoms with Crippen molar-refractivity contribution in [3.05, 3.63) is 59.4 Å². The van der Waals surface area contributed by atoms with E-state index in [-0.39, 0.29) is 0 Å². The lowest BCUT2D eigenvalue weighted by atomic mass is 10.2. The number of nitrogens with one attached hydrogen (secondary N) is 2. The lowest BCUT2D eigenvalue weighted by Crippen LogP contribution is -2.46. The Morgan fingerprint density at radius 3 is 2.55 bits per heavy atom. The minimum absolute atomic E-state index is 0.532. The molecule has 1 saturated heterocycles. The van der Waals surface area contributed by atoms with E-state index in [1.807, 2.05) is 18.3 Å². The standard InChI is InChI=1S/C24H35ClN6/c1-2-26-24(28-14-12-21-10-11-23(25)29-20-21)27-13-6-7-15-30-16-18-31(19-17-30)22-8-4-3-5-9-22/h3-5,8-11,20H,2,6-7,12-19H2,1H3,(H2,26,27,28). The molecule has 0 saturated carbocycles. The summed E-state index contributed by atoms with van der Waals surface area (Å²) in [4.78, 5) is 13.9. The first-order chi connectivity index (χ1) is 15.2. The Hall–Kier alpha value is -2.31. The maximum atomic E-state index is 5.84. The summed E-state index contributed by atoms with van der Waals surface area (Å²) in [5.41, 5.74) is 2.51. The SMILES string of the molecule is CCNC(=NCCCCN1CCN(c2ccccc2)CC1)NCCc1ccc(Cl)nc1. The molecule has 31 heavy (non-hydrogen) atoms. The number of benzene rings is 1. The van der Waals surface area contributed by atoms with Gasteiger partial charge in [-0.2, -0.15) is 0 Å². The molecule has 6 nitrogen and oxygen atoms in total. The molecular weight excluding hydrogens is 408 g/mol. The summed E-state index contributed by atoms with van der Waals surface area (Å²) in [6.45, 7) is 10.3. The highest BCUT2D eigenvalue weighted by Crippen LogP contribution is 2.15. The Morgan fingerprint density at radius 2 is 1.84 bits per heavy atom. The summed E-state index contributed by atoms with van der Waals surface area (Å²) in [6.07, 6.45) is 5.01. The Kier molecular flexibility index (Phi) is 9.93. The van der Waals surface area contributed by atoms with Crippen LogP contribution >= 0.6 is 11.6 Å².